The van der Waals surface area contributed by atoms with Crippen LogP contribution in [0.3, 0.4) is 0 Å². The number of para-hydroxylation sites is 1. The highest BCUT2D eigenvalue weighted by Gasteiger charge is 2.37. The van der Waals surface area contributed by atoms with E-state index in [1.807, 2.05) is 96.3 Å². The molecule has 10 aromatic carbocycles. The highest BCUT2D eigenvalue weighted by atomic mass is 16.3. The number of benzene rings is 10. The largest absolute Gasteiger partial charge is 0.438 e. The van der Waals surface area contributed by atoms with E-state index in [0.29, 0.717) is 68.8 Å². The number of nitrogens with zero attached hydrogens (tertiary/aromatic N) is 21. The quantitative estimate of drug-likeness (QED) is 0.108. The van der Waals surface area contributed by atoms with Gasteiger partial charge in [-0.25, -0.2) is 29.2 Å². The molecule has 0 saturated carbocycles. The maximum Gasteiger partial charge on any atom is 0.227 e. The van der Waals surface area contributed by atoms with Gasteiger partial charge < -0.3 is 4.42 Å². The average molecular weight is 1460 g/mol. The van der Waals surface area contributed by atoms with Gasteiger partial charge >= 0.3 is 0 Å². The molecule has 0 fully saturated rings. The first-order chi connectivity index (χ1) is 55.0. The average Bonchev–Trinajstić information content (AvgIpc) is 1.64. The monoisotopic (exact) mass is 1460 g/mol. The van der Waals surface area contributed by atoms with Gasteiger partial charge in [0.25, 0.3) is 0 Å². The van der Waals surface area contributed by atoms with Crippen LogP contribution in [-0.2, 0) is 32.7 Å². The molecule has 0 spiro atoms. The predicted octanol–water partition coefficient (Wildman–Crippen LogP) is 18.0. The van der Waals surface area contributed by atoms with Gasteiger partial charge in [-0.1, -0.05) is 72.8 Å². The van der Waals surface area contributed by atoms with E-state index in [4.69, 9.17) is 50.4 Å². The fraction of sp³-hybridized carbons (Fsp3) is 0.121. The third kappa shape index (κ3) is 10.5. The van der Waals surface area contributed by atoms with Crippen molar-refractivity contribution in [2.24, 2.45) is 0 Å². The zero-order valence-electron chi connectivity index (χ0n) is 61.7. The second kappa shape index (κ2) is 26.1. The molecular weight excluding hydrogens is 1400 g/mol. The first-order valence-electron chi connectivity index (χ1n) is 36.0. The summed E-state index contributed by atoms with van der Waals surface area (Å²) < 4.78 is 27.0. The van der Waals surface area contributed by atoms with Gasteiger partial charge in [0.15, 0.2) is 61.2 Å². The molecule has 0 unspecified atom stereocenters. The van der Waals surface area contributed by atoms with Crippen LogP contribution >= 0.6 is 0 Å². The Hall–Kier alpha value is -16.6. The third-order valence-corrected chi connectivity index (χ3v) is 22.0. The minimum absolute atomic E-state index is 0.415. The normalized spacial score (nSPS) is 11.9. The number of rotatable bonds is 0. The van der Waals surface area contributed by atoms with Crippen molar-refractivity contribution in [3.05, 3.63) is 341 Å². The topological polar surface area (TPSA) is 172 Å². The Labute approximate surface area is 646 Å². The zero-order valence-corrected chi connectivity index (χ0v) is 61.7. The summed E-state index contributed by atoms with van der Waals surface area (Å²) in [5.41, 5.74) is 30.0. The Morgan fingerprint density at radius 2 is 0.885 bits per heavy atom. The van der Waals surface area contributed by atoms with Crippen LogP contribution in [0.2, 0.25) is 0 Å². The van der Waals surface area contributed by atoms with Crippen LogP contribution in [0, 0.1) is 122 Å². The van der Waals surface area contributed by atoms with E-state index in [1.165, 1.54) is 72.6 Å². The molecule has 0 amide bonds. The van der Waals surface area contributed by atoms with E-state index in [2.05, 4.69) is 195 Å². The molecule has 22 nitrogen and oxygen atoms in total. The van der Waals surface area contributed by atoms with Crippen LogP contribution in [0.5, 0.6) is 0 Å². The minimum atomic E-state index is 0.415. The van der Waals surface area contributed by atoms with Crippen LogP contribution < -0.4 is 23.4 Å². The maximum atomic E-state index is 9.47. The second-order valence-corrected chi connectivity index (χ2v) is 28.5. The summed E-state index contributed by atoms with van der Waals surface area (Å²) in [6, 6.07) is 53.6. The van der Waals surface area contributed by atoms with Gasteiger partial charge in [-0.05, 0) is 142 Å². The van der Waals surface area contributed by atoms with E-state index >= 15 is 0 Å². The fourth-order valence-corrected chi connectivity index (χ4v) is 16.8. The van der Waals surface area contributed by atoms with Crippen LogP contribution in [0.15, 0.2) is 187 Å². The molecule has 22 heteroatoms. The van der Waals surface area contributed by atoms with Crippen molar-refractivity contribution in [3.63, 3.8) is 0 Å². The van der Waals surface area contributed by atoms with E-state index in [9.17, 15) is 15.8 Å². The van der Waals surface area contributed by atoms with Crippen LogP contribution in [-0.4, -0.2) is 28.4 Å². The van der Waals surface area contributed by atoms with Crippen molar-refractivity contribution in [2.45, 2.75) is 74.3 Å². The maximum absolute atomic E-state index is 9.47. The van der Waals surface area contributed by atoms with Gasteiger partial charge in [-0.3, -0.25) is 9.69 Å². The van der Waals surface area contributed by atoms with E-state index in [1.54, 1.807) is 36.5 Å². The molecular formula is C91H58N21O+5. The number of aromatic nitrogens is 11. The smallest absolute Gasteiger partial charge is 0.227 e. The molecule has 113 heavy (non-hydrogen) atoms. The number of furan rings is 1. The molecule has 0 N–H and O–H groups in total. The Morgan fingerprint density at radius 3 is 1.44 bits per heavy atom. The van der Waals surface area contributed by atoms with E-state index in [-0.39, 0.29) is 0 Å². The fourth-order valence-electron chi connectivity index (χ4n) is 16.8. The standard InChI is InChI=1S/C21H10N5O.C19H15N4.C18H13N4.C17H11N4.C16H9N4/c1-23-14-5-12(9-22)17-11-25-10-13-6-16-15-3-2-4-24-21(15)27-20(16)8-18(13)26(25)19(17)7-14;1-11-5-12(2)19-16(13(11)3)9-22-10-17-14(8-20)6-15(21-4)7-18(17)23(19)22;1-11-4-5-12(2)18-15(11)9-21-10-16-13(8-19)6-14(20-3)7-17(16)22(18)21;1-11-4-5-12-9-20-10-13-6-7-14(18-2)16(19-3)17(13)21(20)15(12)8-11;1-17-13-8-7-12-10-19-9-11-5-3-4-6-14(11)20(19)16(12)15(13)18-2/h2-8,11H,10H2;5-7,10H,9H2,1-3H3;4-7,10H,9H2,1-2H3;4-8,10H,9H2,1H3;3-8,10H,9H2/q5*+1. The Bertz CT molecular complexity index is 7700. The molecule has 17 aromatic rings. The van der Waals surface area contributed by atoms with Crippen molar-refractivity contribution in [1.29, 1.82) is 15.8 Å². The molecule has 0 saturated heterocycles. The molecule has 528 valence electrons. The molecule has 0 aliphatic carbocycles. The Kier molecular flexibility index (Phi) is 15.8. The molecule has 5 aliphatic heterocycles. The van der Waals surface area contributed by atoms with Gasteiger partial charge in [0.1, 0.15) is 61.6 Å². The summed E-state index contributed by atoms with van der Waals surface area (Å²) >= 11 is 0. The summed E-state index contributed by atoms with van der Waals surface area (Å²) in [5.74, 6) is 0. The van der Waals surface area contributed by atoms with Crippen LogP contribution in [0.25, 0.3) is 139 Å². The van der Waals surface area contributed by atoms with Gasteiger partial charge in [-0.2, -0.15) is 15.8 Å². The summed E-state index contributed by atoms with van der Waals surface area (Å²) in [6.45, 7) is 67.9. The van der Waals surface area contributed by atoms with Gasteiger partial charge in [0, 0.05) is 39.7 Å². The minimum Gasteiger partial charge on any atom is -0.438 e. The second-order valence-electron chi connectivity index (χ2n) is 28.5. The molecule has 5 aliphatic rings. The number of pyridine rings is 1. The molecule has 22 rings (SSSR count). The Morgan fingerprint density at radius 1 is 0.389 bits per heavy atom. The highest BCUT2D eigenvalue weighted by Crippen LogP contribution is 2.43. The summed E-state index contributed by atoms with van der Waals surface area (Å²) in [6.07, 6.45) is 11.8. The van der Waals surface area contributed by atoms with Gasteiger partial charge in [0.05, 0.1) is 119 Å². The van der Waals surface area contributed by atoms with Crippen molar-refractivity contribution in [3.8, 4) is 46.6 Å². The number of hydrogen-bond acceptors (Lipinski definition) is 5. The molecule has 0 bridgehead atoms. The van der Waals surface area contributed by atoms with Crippen LogP contribution in [0.4, 0.5) is 39.8 Å². The molecule has 0 atom stereocenters. The van der Waals surface area contributed by atoms with Crippen molar-refractivity contribution < 1.29 is 27.8 Å². The zero-order chi connectivity index (χ0) is 78.1. The summed E-state index contributed by atoms with van der Waals surface area (Å²) in [7, 11) is 0. The van der Waals surface area contributed by atoms with Crippen LogP contribution in [0.1, 0.15) is 77.9 Å². The van der Waals surface area contributed by atoms with Gasteiger partial charge in [0.2, 0.25) is 48.1 Å². The lowest BCUT2D eigenvalue weighted by Gasteiger charge is -2.08. The molecule has 7 aromatic heterocycles. The van der Waals surface area contributed by atoms with E-state index < -0.39 is 0 Å². The molecule has 0 radical (unpaired) electrons. The first kappa shape index (κ1) is 68.2. The summed E-state index contributed by atoms with van der Waals surface area (Å²) in [4.78, 5) is 29.0. The van der Waals surface area contributed by atoms with Crippen molar-refractivity contribution >= 4 is 116 Å². The van der Waals surface area contributed by atoms with Gasteiger partial charge in [-0.15, -0.1) is 46.8 Å². The number of nitriles is 3. The van der Waals surface area contributed by atoms with Crippen molar-refractivity contribution in [1.82, 2.24) is 28.4 Å². The predicted molar refractivity (Wildman–Crippen MR) is 424 cm³/mol. The number of aryl methyl sites for hydroxylation is 5. The lowest BCUT2D eigenvalue weighted by atomic mass is 9.98. The van der Waals surface area contributed by atoms with E-state index in [0.717, 1.165) is 114 Å². The number of hydrogen-bond donors (Lipinski definition) is 0. The molecule has 12 heterocycles. The highest BCUT2D eigenvalue weighted by molar-refractivity contribution is 6.05. The lowest BCUT2D eigenvalue weighted by molar-refractivity contribution is -0.749. The third-order valence-electron chi connectivity index (χ3n) is 22.0. The lowest BCUT2D eigenvalue weighted by Crippen LogP contribution is -2.36. The number of fused-ring (bicyclic) bond motifs is 28. The Balaban J connectivity index is 0.0000000988. The first-order valence-corrected chi connectivity index (χ1v) is 36.0. The summed E-state index contributed by atoms with van der Waals surface area (Å²) in [5, 5.41) is 35.0. The SMILES string of the molecule is [C-]#[N+]c1cc(C#N)c2c[n+]3n(c2c1)-c1c(C)cc(C)c(C)c1C3.[C-]#[N+]c1cc(C#N)c2c[n+]3n(c2c1)-c1c(C)ccc(C)c1C3.[C-]#[N+]c1cc(C#N)c2c[n+]3n(c2c1)-c1cc2oc4ncccc4c2cc1C3.[C-]#[N+]c1ccc2c[n+]3n(c2c1[N+]#[C-])-c1cc(C)ccc1C3.[C-]#[N+]c1ccc2c[n+]3n(c2c1[N+]#[C-])-c1ccccc1C3. The van der Waals surface area contributed by atoms with Crippen molar-refractivity contribution in [2.75, 3.05) is 0 Å².